The number of ether oxygens (including phenoxy) is 1. The third kappa shape index (κ3) is 7.14. The molecule has 6 nitrogen and oxygen atoms in total. The van der Waals surface area contributed by atoms with E-state index in [0.717, 1.165) is 21.9 Å². The fraction of sp³-hybridized carbons (Fsp3) is 0.350. The van der Waals surface area contributed by atoms with Crippen LogP contribution in [0.15, 0.2) is 48.5 Å². The van der Waals surface area contributed by atoms with Gasteiger partial charge in [0.2, 0.25) is 15.9 Å². The average molecular weight is 425 g/mol. The van der Waals surface area contributed by atoms with Gasteiger partial charge in [0.05, 0.1) is 18.9 Å². The number of benzene rings is 2. The van der Waals surface area contributed by atoms with Crippen molar-refractivity contribution in [3.05, 3.63) is 64.7 Å². The molecule has 0 aliphatic rings. The van der Waals surface area contributed by atoms with Gasteiger partial charge in [0.25, 0.3) is 0 Å². The first-order valence-electron chi connectivity index (χ1n) is 8.86. The summed E-state index contributed by atoms with van der Waals surface area (Å²) in [6, 6.07) is 14.4. The minimum absolute atomic E-state index is 0.0314. The standard InChI is InChI=1S/C20H25ClN2O4S/c1-15(2)27-18-9-6-7-16(11-18)12-22-20(24)14-23(28(3,25)26)13-17-8-4-5-10-19(17)21/h4-11,15H,12-14H2,1-3H3,(H,22,24). The molecule has 152 valence electrons. The summed E-state index contributed by atoms with van der Waals surface area (Å²) in [6.07, 6.45) is 1.13. The molecule has 0 unspecified atom stereocenters. The second kappa shape index (κ2) is 9.91. The molecule has 0 saturated heterocycles. The van der Waals surface area contributed by atoms with E-state index in [4.69, 9.17) is 16.3 Å². The molecule has 2 aromatic carbocycles. The molecule has 0 aliphatic carbocycles. The minimum Gasteiger partial charge on any atom is -0.491 e. The molecule has 0 atom stereocenters. The molecule has 0 fully saturated rings. The van der Waals surface area contributed by atoms with Crippen molar-refractivity contribution in [2.24, 2.45) is 0 Å². The van der Waals surface area contributed by atoms with Crippen LogP contribution in [0.2, 0.25) is 5.02 Å². The summed E-state index contributed by atoms with van der Waals surface area (Å²) in [5, 5.41) is 3.21. The normalized spacial score (nSPS) is 11.6. The molecule has 0 spiro atoms. The molecular weight excluding hydrogens is 400 g/mol. The summed E-state index contributed by atoms with van der Waals surface area (Å²) in [5.74, 6) is 0.325. The predicted octanol–water partition coefficient (Wildman–Crippen LogP) is 3.21. The zero-order valence-corrected chi connectivity index (χ0v) is 17.8. The first-order valence-corrected chi connectivity index (χ1v) is 11.1. The predicted molar refractivity (Wildman–Crippen MR) is 111 cm³/mol. The zero-order valence-electron chi connectivity index (χ0n) is 16.2. The summed E-state index contributed by atoms with van der Waals surface area (Å²) < 4.78 is 30.9. The van der Waals surface area contributed by atoms with Gasteiger partial charge >= 0.3 is 0 Å². The van der Waals surface area contributed by atoms with Gasteiger partial charge in [-0.25, -0.2) is 8.42 Å². The number of amides is 1. The van der Waals surface area contributed by atoms with Crippen LogP contribution in [0.1, 0.15) is 25.0 Å². The smallest absolute Gasteiger partial charge is 0.235 e. The lowest BCUT2D eigenvalue weighted by Gasteiger charge is -2.20. The summed E-state index contributed by atoms with van der Waals surface area (Å²) in [5.41, 5.74) is 1.50. The van der Waals surface area contributed by atoms with Crippen molar-refractivity contribution in [3.8, 4) is 5.75 Å². The number of halogens is 1. The van der Waals surface area contributed by atoms with Crippen LogP contribution in [-0.2, 0) is 27.9 Å². The maximum Gasteiger partial charge on any atom is 0.235 e. The SMILES string of the molecule is CC(C)Oc1cccc(CNC(=O)CN(Cc2ccccc2Cl)S(C)(=O)=O)c1. The number of nitrogens with one attached hydrogen (secondary N) is 1. The highest BCUT2D eigenvalue weighted by Gasteiger charge is 2.21. The van der Waals surface area contributed by atoms with E-state index in [0.29, 0.717) is 10.6 Å². The highest BCUT2D eigenvalue weighted by Crippen LogP contribution is 2.18. The van der Waals surface area contributed by atoms with Gasteiger partial charge in [-0.15, -0.1) is 0 Å². The van der Waals surface area contributed by atoms with Crippen molar-refractivity contribution in [1.29, 1.82) is 0 Å². The van der Waals surface area contributed by atoms with Crippen LogP contribution in [-0.4, -0.2) is 37.5 Å². The van der Waals surface area contributed by atoms with Gasteiger partial charge in [0, 0.05) is 18.1 Å². The number of hydrogen-bond donors (Lipinski definition) is 1. The maximum absolute atomic E-state index is 12.3. The fourth-order valence-electron chi connectivity index (χ4n) is 2.52. The van der Waals surface area contributed by atoms with E-state index < -0.39 is 15.9 Å². The lowest BCUT2D eigenvalue weighted by molar-refractivity contribution is -0.121. The van der Waals surface area contributed by atoms with Gasteiger partial charge < -0.3 is 10.1 Å². The molecular formula is C20H25ClN2O4S. The minimum atomic E-state index is -3.58. The van der Waals surface area contributed by atoms with Crippen molar-refractivity contribution in [3.63, 3.8) is 0 Å². The van der Waals surface area contributed by atoms with Crippen LogP contribution in [0.5, 0.6) is 5.75 Å². The van der Waals surface area contributed by atoms with Crippen LogP contribution in [0.4, 0.5) is 0 Å². The quantitative estimate of drug-likeness (QED) is 0.670. The van der Waals surface area contributed by atoms with Crippen molar-refractivity contribution in [1.82, 2.24) is 9.62 Å². The molecule has 8 heteroatoms. The van der Waals surface area contributed by atoms with E-state index in [1.807, 2.05) is 38.1 Å². The summed E-state index contributed by atoms with van der Waals surface area (Å²) in [7, 11) is -3.58. The number of carbonyl (C=O) groups excluding carboxylic acids is 1. The lowest BCUT2D eigenvalue weighted by atomic mass is 10.2. The van der Waals surface area contributed by atoms with Crippen LogP contribution < -0.4 is 10.1 Å². The van der Waals surface area contributed by atoms with E-state index >= 15 is 0 Å². The molecule has 1 amide bonds. The Labute approximate surface area is 171 Å². The van der Waals surface area contributed by atoms with Gasteiger partial charge in [0.15, 0.2) is 0 Å². The second-order valence-corrected chi connectivity index (χ2v) is 9.10. The monoisotopic (exact) mass is 424 g/mol. The van der Waals surface area contributed by atoms with Gasteiger partial charge in [0.1, 0.15) is 5.75 Å². The van der Waals surface area contributed by atoms with E-state index in [2.05, 4.69) is 5.32 Å². The third-order valence-corrected chi connectivity index (χ3v) is 5.42. The van der Waals surface area contributed by atoms with Gasteiger partial charge in [-0.3, -0.25) is 4.79 Å². The Balaban J connectivity index is 1.99. The molecule has 0 saturated carbocycles. The number of rotatable bonds is 9. The highest BCUT2D eigenvalue weighted by atomic mass is 35.5. The topological polar surface area (TPSA) is 75.7 Å². The Hall–Kier alpha value is -2.09. The molecule has 1 N–H and O–H groups in total. The molecule has 0 bridgehead atoms. The second-order valence-electron chi connectivity index (χ2n) is 6.71. The average Bonchev–Trinajstić information content (AvgIpc) is 2.60. The van der Waals surface area contributed by atoms with Gasteiger partial charge in [-0.05, 0) is 43.2 Å². The lowest BCUT2D eigenvalue weighted by Crippen LogP contribution is -2.39. The van der Waals surface area contributed by atoms with Crippen LogP contribution in [0, 0.1) is 0 Å². The molecule has 2 rings (SSSR count). The number of carbonyl (C=O) groups is 1. The Kier molecular flexibility index (Phi) is 7.86. The Morgan fingerprint density at radius 2 is 1.89 bits per heavy atom. The van der Waals surface area contributed by atoms with Crippen LogP contribution in [0.25, 0.3) is 0 Å². The van der Waals surface area contributed by atoms with E-state index in [9.17, 15) is 13.2 Å². The number of sulfonamides is 1. The molecule has 2 aromatic rings. The van der Waals surface area contributed by atoms with E-state index in [1.165, 1.54) is 0 Å². The highest BCUT2D eigenvalue weighted by molar-refractivity contribution is 7.88. The first-order chi connectivity index (χ1) is 13.1. The van der Waals surface area contributed by atoms with Crippen molar-refractivity contribution in [2.75, 3.05) is 12.8 Å². The Bertz CT molecular complexity index is 916. The molecule has 0 radical (unpaired) electrons. The van der Waals surface area contributed by atoms with Crippen LogP contribution in [0.3, 0.4) is 0 Å². The largest absolute Gasteiger partial charge is 0.491 e. The molecule has 0 aliphatic heterocycles. The summed E-state index contributed by atoms with van der Waals surface area (Å²) in [6.45, 7) is 3.90. The first kappa shape index (κ1) is 22.2. The molecule has 0 heterocycles. The zero-order chi connectivity index (χ0) is 20.7. The van der Waals surface area contributed by atoms with Crippen molar-refractivity contribution >= 4 is 27.5 Å². The van der Waals surface area contributed by atoms with Crippen LogP contribution >= 0.6 is 11.6 Å². The maximum atomic E-state index is 12.3. The Morgan fingerprint density at radius 1 is 1.18 bits per heavy atom. The Morgan fingerprint density at radius 3 is 2.54 bits per heavy atom. The van der Waals surface area contributed by atoms with E-state index in [1.54, 1.807) is 24.3 Å². The molecule has 28 heavy (non-hydrogen) atoms. The van der Waals surface area contributed by atoms with Gasteiger partial charge in [-0.2, -0.15) is 4.31 Å². The third-order valence-electron chi connectivity index (χ3n) is 3.85. The van der Waals surface area contributed by atoms with Gasteiger partial charge in [-0.1, -0.05) is 41.9 Å². The van der Waals surface area contributed by atoms with E-state index in [-0.39, 0.29) is 25.7 Å². The fourth-order valence-corrected chi connectivity index (χ4v) is 3.45. The summed E-state index contributed by atoms with van der Waals surface area (Å²) >= 11 is 6.11. The number of hydrogen-bond acceptors (Lipinski definition) is 4. The van der Waals surface area contributed by atoms with Crippen molar-refractivity contribution < 1.29 is 17.9 Å². The molecule has 0 aromatic heterocycles. The number of nitrogens with zero attached hydrogens (tertiary/aromatic N) is 1. The van der Waals surface area contributed by atoms with Crippen molar-refractivity contribution in [2.45, 2.75) is 33.0 Å². The summed E-state index contributed by atoms with van der Waals surface area (Å²) in [4.78, 5) is 12.3.